The zero-order chi connectivity index (χ0) is 15.5. The number of carbonyl (C=O) groups is 2. The SMILES string of the molecule is CCN(CC)CCN(CC(C)C)C(=O)COCC(=O)O. The summed E-state index contributed by atoms with van der Waals surface area (Å²) in [6.07, 6.45) is 0. The first kappa shape index (κ1) is 18.9. The predicted molar refractivity (Wildman–Crippen MR) is 77.7 cm³/mol. The summed E-state index contributed by atoms with van der Waals surface area (Å²) in [5, 5.41) is 8.49. The number of amides is 1. The van der Waals surface area contributed by atoms with Crippen LogP contribution in [0.5, 0.6) is 0 Å². The molecule has 0 atom stereocenters. The minimum Gasteiger partial charge on any atom is -0.480 e. The maximum Gasteiger partial charge on any atom is 0.329 e. The van der Waals surface area contributed by atoms with Gasteiger partial charge in [0.2, 0.25) is 5.91 Å². The molecule has 0 unspecified atom stereocenters. The number of aliphatic carboxylic acids is 1. The fourth-order valence-electron chi connectivity index (χ4n) is 1.88. The molecule has 118 valence electrons. The number of carboxylic acid groups (broad SMARTS) is 1. The van der Waals surface area contributed by atoms with Gasteiger partial charge in [0.1, 0.15) is 13.2 Å². The zero-order valence-corrected chi connectivity index (χ0v) is 13.1. The lowest BCUT2D eigenvalue weighted by Gasteiger charge is -2.27. The van der Waals surface area contributed by atoms with Gasteiger partial charge in [-0.2, -0.15) is 0 Å². The highest BCUT2D eigenvalue weighted by Gasteiger charge is 2.16. The third-order valence-electron chi connectivity index (χ3n) is 2.97. The van der Waals surface area contributed by atoms with E-state index in [0.29, 0.717) is 19.0 Å². The first-order valence-electron chi connectivity index (χ1n) is 7.20. The van der Waals surface area contributed by atoms with E-state index in [1.807, 2.05) is 0 Å². The molecule has 0 spiro atoms. The van der Waals surface area contributed by atoms with Crippen LogP contribution in [0.2, 0.25) is 0 Å². The highest BCUT2D eigenvalue weighted by atomic mass is 16.5. The zero-order valence-electron chi connectivity index (χ0n) is 13.1. The molecule has 0 heterocycles. The van der Waals surface area contributed by atoms with E-state index in [-0.39, 0.29) is 12.5 Å². The van der Waals surface area contributed by atoms with Crippen LogP contribution >= 0.6 is 0 Å². The summed E-state index contributed by atoms with van der Waals surface area (Å²) in [5.74, 6) is -0.835. The van der Waals surface area contributed by atoms with E-state index >= 15 is 0 Å². The van der Waals surface area contributed by atoms with Gasteiger partial charge >= 0.3 is 5.97 Å². The van der Waals surface area contributed by atoms with E-state index in [1.165, 1.54) is 0 Å². The van der Waals surface area contributed by atoms with Crippen LogP contribution in [0.3, 0.4) is 0 Å². The van der Waals surface area contributed by atoms with Gasteiger partial charge in [-0.05, 0) is 19.0 Å². The van der Waals surface area contributed by atoms with Crippen LogP contribution in [-0.2, 0) is 14.3 Å². The second kappa shape index (κ2) is 10.6. The largest absolute Gasteiger partial charge is 0.480 e. The average molecular weight is 288 g/mol. The third kappa shape index (κ3) is 8.87. The van der Waals surface area contributed by atoms with E-state index in [9.17, 15) is 9.59 Å². The van der Waals surface area contributed by atoms with Crippen LogP contribution in [0.4, 0.5) is 0 Å². The maximum atomic E-state index is 12.0. The Kier molecular flexibility index (Phi) is 10.0. The lowest BCUT2D eigenvalue weighted by Crippen LogP contribution is -2.42. The van der Waals surface area contributed by atoms with Gasteiger partial charge in [-0.1, -0.05) is 27.7 Å². The second-order valence-corrected chi connectivity index (χ2v) is 5.15. The minimum absolute atomic E-state index is 0.146. The van der Waals surface area contributed by atoms with Crippen molar-refractivity contribution in [1.82, 2.24) is 9.80 Å². The number of hydrogen-bond donors (Lipinski definition) is 1. The molecule has 0 radical (unpaired) electrons. The maximum absolute atomic E-state index is 12.0. The Labute approximate surface area is 121 Å². The van der Waals surface area contributed by atoms with Gasteiger partial charge in [-0.15, -0.1) is 0 Å². The highest BCUT2D eigenvalue weighted by molar-refractivity contribution is 5.78. The Morgan fingerprint density at radius 3 is 2.15 bits per heavy atom. The summed E-state index contributed by atoms with van der Waals surface area (Å²) < 4.78 is 4.87. The molecule has 20 heavy (non-hydrogen) atoms. The van der Waals surface area contributed by atoms with E-state index in [4.69, 9.17) is 9.84 Å². The monoisotopic (exact) mass is 288 g/mol. The molecule has 0 aliphatic carbocycles. The molecule has 0 aromatic rings. The van der Waals surface area contributed by atoms with Gasteiger partial charge in [-0.25, -0.2) is 4.79 Å². The van der Waals surface area contributed by atoms with Crippen LogP contribution in [0.15, 0.2) is 0 Å². The van der Waals surface area contributed by atoms with Crippen molar-refractivity contribution in [2.45, 2.75) is 27.7 Å². The Morgan fingerprint density at radius 2 is 1.70 bits per heavy atom. The summed E-state index contributed by atoms with van der Waals surface area (Å²) in [5.41, 5.74) is 0. The Hall–Kier alpha value is -1.14. The second-order valence-electron chi connectivity index (χ2n) is 5.15. The van der Waals surface area contributed by atoms with Gasteiger partial charge in [0.15, 0.2) is 0 Å². The van der Waals surface area contributed by atoms with Crippen LogP contribution in [-0.4, -0.2) is 72.7 Å². The van der Waals surface area contributed by atoms with Gasteiger partial charge in [-0.3, -0.25) is 4.79 Å². The number of hydrogen-bond acceptors (Lipinski definition) is 4. The summed E-state index contributed by atoms with van der Waals surface area (Å²) in [6.45, 7) is 11.7. The summed E-state index contributed by atoms with van der Waals surface area (Å²) in [6, 6.07) is 0. The molecule has 0 bridgehead atoms. The molecular weight excluding hydrogens is 260 g/mol. The van der Waals surface area contributed by atoms with Crippen LogP contribution in [0, 0.1) is 5.92 Å². The fraction of sp³-hybridized carbons (Fsp3) is 0.857. The quantitative estimate of drug-likeness (QED) is 0.612. The normalized spacial score (nSPS) is 11.1. The van der Waals surface area contributed by atoms with Gasteiger partial charge in [0.05, 0.1) is 0 Å². The molecule has 0 aliphatic heterocycles. The molecule has 0 aromatic carbocycles. The molecule has 0 aromatic heterocycles. The van der Waals surface area contributed by atoms with E-state index in [1.54, 1.807) is 4.90 Å². The standard InChI is InChI=1S/C14H28N2O4/c1-5-15(6-2)7-8-16(9-12(3)4)13(17)10-20-11-14(18)19/h12H,5-11H2,1-4H3,(H,18,19). The molecule has 1 N–H and O–H groups in total. The molecule has 0 aliphatic rings. The highest BCUT2D eigenvalue weighted by Crippen LogP contribution is 2.01. The van der Waals surface area contributed by atoms with Gasteiger partial charge in [0, 0.05) is 19.6 Å². The summed E-state index contributed by atoms with van der Waals surface area (Å²) in [4.78, 5) is 26.4. The molecule has 0 rings (SSSR count). The molecule has 6 heteroatoms. The minimum atomic E-state index is -1.06. The number of ether oxygens (including phenoxy) is 1. The Morgan fingerprint density at radius 1 is 1.10 bits per heavy atom. The number of rotatable bonds is 11. The molecule has 0 saturated carbocycles. The molecule has 1 amide bonds. The predicted octanol–water partition coefficient (Wildman–Crippen LogP) is 0.914. The van der Waals surface area contributed by atoms with Crippen LogP contribution in [0.25, 0.3) is 0 Å². The Bertz CT molecular complexity index is 291. The third-order valence-corrected chi connectivity index (χ3v) is 2.97. The lowest BCUT2D eigenvalue weighted by molar-refractivity contribution is -0.146. The first-order valence-corrected chi connectivity index (χ1v) is 7.20. The van der Waals surface area contributed by atoms with Crippen LogP contribution < -0.4 is 0 Å². The van der Waals surface area contributed by atoms with Crippen molar-refractivity contribution in [2.24, 2.45) is 5.92 Å². The molecule has 0 fully saturated rings. The van der Waals surface area contributed by atoms with Crippen molar-refractivity contribution in [3.05, 3.63) is 0 Å². The van der Waals surface area contributed by atoms with Crippen LogP contribution in [0.1, 0.15) is 27.7 Å². The lowest BCUT2D eigenvalue weighted by atomic mass is 10.2. The van der Waals surface area contributed by atoms with E-state index < -0.39 is 12.6 Å². The smallest absolute Gasteiger partial charge is 0.329 e. The summed E-state index contributed by atoms with van der Waals surface area (Å²) in [7, 11) is 0. The average Bonchev–Trinajstić information content (AvgIpc) is 2.37. The summed E-state index contributed by atoms with van der Waals surface area (Å²) >= 11 is 0. The van der Waals surface area contributed by atoms with Crippen molar-refractivity contribution >= 4 is 11.9 Å². The molecule has 6 nitrogen and oxygen atoms in total. The van der Waals surface area contributed by atoms with Crippen molar-refractivity contribution in [2.75, 3.05) is 45.9 Å². The topological polar surface area (TPSA) is 70.1 Å². The van der Waals surface area contributed by atoms with Gasteiger partial charge < -0.3 is 19.6 Å². The van der Waals surface area contributed by atoms with Crippen molar-refractivity contribution in [3.63, 3.8) is 0 Å². The number of carbonyl (C=O) groups excluding carboxylic acids is 1. The fourth-order valence-corrected chi connectivity index (χ4v) is 1.88. The number of carboxylic acids is 1. The number of likely N-dealkylation sites (N-methyl/N-ethyl adjacent to an activating group) is 1. The molecular formula is C14H28N2O4. The van der Waals surface area contributed by atoms with Gasteiger partial charge in [0.25, 0.3) is 0 Å². The molecule has 0 saturated heterocycles. The van der Waals surface area contributed by atoms with E-state index in [0.717, 1.165) is 19.6 Å². The Balaban J connectivity index is 4.31. The van der Waals surface area contributed by atoms with Crippen molar-refractivity contribution in [3.8, 4) is 0 Å². The van der Waals surface area contributed by atoms with Crippen molar-refractivity contribution < 1.29 is 19.4 Å². The number of nitrogens with zero attached hydrogens (tertiary/aromatic N) is 2. The van der Waals surface area contributed by atoms with Crippen molar-refractivity contribution in [1.29, 1.82) is 0 Å². The van der Waals surface area contributed by atoms with E-state index in [2.05, 4.69) is 32.6 Å². The first-order chi connectivity index (χ1) is 9.40.